The van der Waals surface area contributed by atoms with Gasteiger partial charge in [0.25, 0.3) is 0 Å². The smallest absolute Gasteiger partial charge is 0.408 e. The minimum atomic E-state index is -0.597. The summed E-state index contributed by atoms with van der Waals surface area (Å²) in [7, 11) is 0. The second kappa shape index (κ2) is 4.79. The molecule has 0 aliphatic heterocycles. The summed E-state index contributed by atoms with van der Waals surface area (Å²) < 4.78 is 4.97. The van der Waals surface area contributed by atoms with Gasteiger partial charge in [0, 0.05) is 0 Å². The van der Waals surface area contributed by atoms with E-state index in [1.165, 1.54) is 6.08 Å². The molecule has 0 aromatic rings. The van der Waals surface area contributed by atoms with Crippen LogP contribution in [0.1, 0.15) is 27.7 Å². The summed E-state index contributed by atoms with van der Waals surface area (Å²) in [4.78, 5) is 22.2. The molecular formula is C10H17NO3. The largest absolute Gasteiger partial charge is 0.444 e. The van der Waals surface area contributed by atoms with Gasteiger partial charge in [0.15, 0.2) is 5.78 Å². The number of alkyl carbamates (subject to hydrolysis) is 1. The third-order valence-corrected chi connectivity index (χ3v) is 1.36. The second-order valence-electron chi connectivity index (χ2n) is 3.97. The number of carbonyl (C=O) groups is 2. The van der Waals surface area contributed by atoms with Crippen LogP contribution in [0, 0.1) is 0 Å². The van der Waals surface area contributed by atoms with Gasteiger partial charge in [0.05, 0.1) is 6.04 Å². The van der Waals surface area contributed by atoms with E-state index >= 15 is 0 Å². The first-order valence-electron chi connectivity index (χ1n) is 4.42. The SMILES string of the molecule is C=CC(=O)[C@@H](C)NC(=O)OC(C)(C)C. The van der Waals surface area contributed by atoms with E-state index in [0.717, 1.165) is 0 Å². The monoisotopic (exact) mass is 199 g/mol. The highest BCUT2D eigenvalue weighted by atomic mass is 16.6. The van der Waals surface area contributed by atoms with Crippen LogP contribution in [-0.2, 0) is 9.53 Å². The highest BCUT2D eigenvalue weighted by Gasteiger charge is 2.19. The topological polar surface area (TPSA) is 55.4 Å². The Morgan fingerprint density at radius 2 is 1.93 bits per heavy atom. The Bertz CT molecular complexity index is 240. The number of ketones is 1. The molecule has 0 fully saturated rings. The standard InChI is InChI=1S/C10H17NO3/c1-6-8(12)7(2)11-9(13)14-10(3,4)5/h6-7H,1H2,2-5H3,(H,11,13)/t7-/m1/s1. The molecule has 0 aromatic heterocycles. The van der Waals surface area contributed by atoms with Crippen molar-refractivity contribution < 1.29 is 14.3 Å². The zero-order valence-electron chi connectivity index (χ0n) is 9.09. The van der Waals surface area contributed by atoms with Crippen molar-refractivity contribution in [2.24, 2.45) is 0 Å². The summed E-state index contributed by atoms with van der Waals surface area (Å²) in [6, 6.07) is -0.595. The van der Waals surface area contributed by atoms with Crippen LogP contribution in [0.2, 0.25) is 0 Å². The number of carbonyl (C=O) groups excluding carboxylic acids is 2. The molecule has 0 aliphatic carbocycles. The molecule has 0 saturated carbocycles. The molecule has 0 radical (unpaired) electrons. The first-order valence-corrected chi connectivity index (χ1v) is 4.42. The Morgan fingerprint density at radius 1 is 1.43 bits per heavy atom. The Kier molecular flexibility index (Phi) is 4.34. The quantitative estimate of drug-likeness (QED) is 0.703. The molecule has 0 heterocycles. The van der Waals surface area contributed by atoms with Crippen molar-refractivity contribution in [1.82, 2.24) is 5.32 Å². The molecule has 80 valence electrons. The second-order valence-corrected chi connectivity index (χ2v) is 3.97. The number of hydrogen-bond acceptors (Lipinski definition) is 3. The third-order valence-electron chi connectivity index (χ3n) is 1.36. The van der Waals surface area contributed by atoms with Gasteiger partial charge in [-0.3, -0.25) is 4.79 Å². The van der Waals surface area contributed by atoms with E-state index in [2.05, 4.69) is 11.9 Å². The number of hydrogen-bond donors (Lipinski definition) is 1. The van der Waals surface area contributed by atoms with Crippen molar-refractivity contribution in [3.63, 3.8) is 0 Å². The number of rotatable bonds is 3. The summed E-state index contributed by atoms with van der Waals surface area (Å²) in [6.07, 6.45) is 0.572. The lowest BCUT2D eigenvalue weighted by molar-refractivity contribution is -0.116. The van der Waals surface area contributed by atoms with Gasteiger partial charge in [0.1, 0.15) is 5.60 Å². The van der Waals surface area contributed by atoms with E-state index in [-0.39, 0.29) is 5.78 Å². The predicted molar refractivity (Wildman–Crippen MR) is 54.0 cm³/mol. The van der Waals surface area contributed by atoms with Crippen molar-refractivity contribution in [2.45, 2.75) is 39.3 Å². The predicted octanol–water partition coefficient (Wildman–Crippen LogP) is 1.65. The lowest BCUT2D eigenvalue weighted by Crippen LogP contribution is -2.41. The maximum atomic E-state index is 11.2. The minimum absolute atomic E-state index is 0.240. The zero-order chi connectivity index (χ0) is 11.4. The molecule has 4 nitrogen and oxygen atoms in total. The first kappa shape index (κ1) is 12.7. The van der Waals surface area contributed by atoms with Crippen LogP contribution in [0.25, 0.3) is 0 Å². The van der Waals surface area contributed by atoms with Crippen molar-refractivity contribution in [2.75, 3.05) is 0 Å². The van der Waals surface area contributed by atoms with E-state index < -0.39 is 17.7 Å². The Hall–Kier alpha value is -1.32. The molecule has 1 atom stereocenters. The number of amides is 1. The van der Waals surface area contributed by atoms with Crippen LogP contribution < -0.4 is 5.32 Å². The molecule has 0 saturated heterocycles. The van der Waals surface area contributed by atoms with Gasteiger partial charge < -0.3 is 10.1 Å². The molecule has 4 heteroatoms. The van der Waals surface area contributed by atoms with Crippen molar-refractivity contribution in [3.8, 4) is 0 Å². The molecular weight excluding hydrogens is 182 g/mol. The van der Waals surface area contributed by atoms with Gasteiger partial charge in [-0.2, -0.15) is 0 Å². The summed E-state index contributed by atoms with van der Waals surface area (Å²) >= 11 is 0. The maximum Gasteiger partial charge on any atom is 0.408 e. The van der Waals surface area contributed by atoms with E-state index in [9.17, 15) is 9.59 Å². The summed E-state index contributed by atoms with van der Waals surface area (Å²) in [5.74, 6) is -0.240. The fourth-order valence-corrected chi connectivity index (χ4v) is 0.732. The molecule has 0 spiro atoms. The fraction of sp³-hybridized carbons (Fsp3) is 0.600. The average Bonchev–Trinajstić information content (AvgIpc) is 1.99. The van der Waals surface area contributed by atoms with Crippen LogP contribution in [-0.4, -0.2) is 23.5 Å². The minimum Gasteiger partial charge on any atom is -0.444 e. The average molecular weight is 199 g/mol. The lowest BCUT2D eigenvalue weighted by Gasteiger charge is -2.21. The van der Waals surface area contributed by atoms with Gasteiger partial charge in [-0.1, -0.05) is 6.58 Å². The molecule has 0 bridgehead atoms. The van der Waals surface area contributed by atoms with E-state index in [1.807, 2.05) is 0 Å². The summed E-state index contributed by atoms with van der Waals surface area (Å²) in [5.41, 5.74) is -0.555. The molecule has 0 rings (SSSR count). The molecule has 1 amide bonds. The van der Waals surface area contributed by atoms with Crippen LogP contribution in [0.15, 0.2) is 12.7 Å². The third kappa shape index (κ3) is 5.35. The van der Waals surface area contributed by atoms with E-state index in [4.69, 9.17) is 4.74 Å². The highest BCUT2D eigenvalue weighted by Crippen LogP contribution is 2.06. The maximum absolute atomic E-state index is 11.2. The molecule has 0 aromatic carbocycles. The van der Waals surface area contributed by atoms with Gasteiger partial charge in [0.2, 0.25) is 0 Å². The first-order chi connectivity index (χ1) is 6.26. The van der Waals surface area contributed by atoms with Gasteiger partial charge in [-0.25, -0.2) is 4.79 Å². The normalized spacial score (nSPS) is 12.9. The van der Waals surface area contributed by atoms with E-state index in [0.29, 0.717) is 0 Å². The van der Waals surface area contributed by atoms with Crippen LogP contribution in [0.4, 0.5) is 4.79 Å². The van der Waals surface area contributed by atoms with Gasteiger partial charge in [-0.05, 0) is 33.8 Å². The summed E-state index contributed by atoms with van der Waals surface area (Å²) in [6.45, 7) is 10.2. The molecule has 14 heavy (non-hydrogen) atoms. The molecule has 1 N–H and O–H groups in total. The van der Waals surface area contributed by atoms with Gasteiger partial charge in [-0.15, -0.1) is 0 Å². The number of ether oxygens (including phenoxy) is 1. The van der Waals surface area contributed by atoms with Crippen LogP contribution in [0.5, 0.6) is 0 Å². The molecule has 0 aliphatic rings. The Labute approximate surface area is 84.3 Å². The summed E-state index contributed by atoms with van der Waals surface area (Å²) in [5, 5.41) is 2.41. The van der Waals surface area contributed by atoms with Crippen molar-refractivity contribution in [3.05, 3.63) is 12.7 Å². The fourth-order valence-electron chi connectivity index (χ4n) is 0.732. The van der Waals surface area contributed by atoms with Crippen molar-refractivity contribution >= 4 is 11.9 Å². The van der Waals surface area contributed by atoms with Crippen LogP contribution in [0.3, 0.4) is 0 Å². The highest BCUT2D eigenvalue weighted by molar-refractivity contribution is 5.95. The Morgan fingerprint density at radius 3 is 2.29 bits per heavy atom. The Balaban J connectivity index is 4.07. The van der Waals surface area contributed by atoms with Crippen LogP contribution >= 0.6 is 0 Å². The number of nitrogens with one attached hydrogen (secondary N) is 1. The lowest BCUT2D eigenvalue weighted by atomic mass is 10.2. The molecule has 0 unspecified atom stereocenters. The van der Waals surface area contributed by atoms with Crippen molar-refractivity contribution in [1.29, 1.82) is 0 Å². The van der Waals surface area contributed by atoms with Gasteiger partial charge >= 0.3 is 6.09 Å². The zero-order valence-corrected chi connectivity index (χ0v) is 9.09. The van der Waals surface area contributed by atoms with E-state index in [1.54, 1.807) is 27.7 Å².